The molecule has 0 amide bonds. The zero-order valence-corrected chi connectivity index (χ0v) is 12.0. The number of benzene rings is 1. The van der Waals surface area contributed by atoms with E-state index < -0.39 is 6.61 Å². The van der Waals surface area contributed by atoms with Crippen LogP contribution in [0.3, 0.4) is 0 Å². The molecule has 1 aliphatic rings. The first kappa shape index (κ1) is 14.2. The van der Waals surface area contributed by atoms with Crippen LogP contribution in [0.2, 0.25) is 0 Å². The van der Waals surface area contributed by atoms with Gasteiger partial charge >= 0.3 is 6.61 Å². The third kappa shape index (κ3) is 3.65. The number of ketones is 1. The van der Waals surface area contributed by atoms with E-state index in [1.807, 2.05) is 0 Å². The summed E-state index contributed by atoms with van der Waals surface area (Å²) in [4.78, 5) is 12.2. The molecule has 0 aliphatic heterocycles. The van der Waals surface area contributed by atoms with Gasteiger partial charge in [0.1, 0.15) is 5.75 Å². The fraction of sp³-hybridized carbons (Fsp3) is 0.462. The van der Waals surface area contributed by atoms with Crippen LogP contribution in [0, 0.1) is 5.92 Å². The third-order valence-electron chi connectivity index (χ3n) is 3.00. The van der Waals surface area contributed by atoms with Crippen molar-refractivity contribution in [3.05, 3.63) is 22.2 Å². The fourth-order valence-corrected chi connectivity index (χ4v) is 2.38. The number of hydrogen-bond donors (Lipinski definition) is 1. The minimum atomic E-state index is -2.95. The topological polar surface area (TPSA) is 38.3 Å². The van der Waals surface area contributed by atoms with E-state index in [1.54, 1.807) is 13.1 Å². The highest BCUT2D eigenvalue weighted by Crippen LogP contribution is 2.38. The van der Waals surface area contributed by atoms with Crippen molar-refractivity contribution in [3.8, 4) is 5.75 Å². The van der Waals surface area contributed by atoms with E-state index in [2.05, 4.69) is 26.0 Å². The molecule has 0 aromatic heterocycles. The number of Topliss-reactive ketones (excluding diaryl/α,β-unsaturated/α-hetero) is 1. The number of rotatable bonds is 6. The van der Waals surface area contributed by atoms with E-state index >= 15 is 0 Å². The van der Waals surface area contributed by atoms with Crippen LogP contribution in [-0.2, 0) is 0 Å². The highest BCUT2D eigenvalue weighted by Gasteiger charge is 2.28. The van der Waals surface area contributed by atoms with Crippen LogP contribution < -0.4 is 10.1 Å². The van der Waals surface area contributed by atoms with Gasteiger partial charge in [-0.3, -0.25) is 4.79 Å². The highest BCUT2D eigenvalue weighted by atomic mass is 79.9. The molecule has 0 saturated heterocycles. The third-order valence-corrected chi connectivity index (χ3v) is 3.46. The Labute approximate surface area is 118 Å². The summed E-state index contributed by atoms with van der Waals surface area (Å²) in [5, 5.41) is 2.85. The molecule has 1 aromatic rings. The van der Waals surface area contributed by atoms with Crippen LogP contribution in [0.25, 0.3) is 0 Å². The zero-order valence-electron chi connectivity index (χ0n) is 10.4. The quantitative estimate of drug-likeness (QED) is 0.797. The van der Waals surface area contributed by atoms with Gasteiger partial charge in [0.25, 0.3) is 0 Å². The van der Waals surface area contributed by atoms with Crippen LogP contribution in [0.5, 0.6) is 5.75 Å². The summed E-state index contributed by atoms with van der Waals surface area (Å²) in [5.74, 6) is 0.148. The molecule has 104 valence electrons. The van der Waals surface area contributed by atoms with Crippen molar-refractivity contribution in [2.75, 3.05) is 12.4 Å². The molecular formula is C13H14BrF2NO2. The molecule has 1 aromatic carbocycles. The lowest BCUT2D eigenvalue weighted by Crippen LogP contribution is -2.11. The van der Waals surface area contributed by atoms with E-state index in [1.165, 1.54) is 6.07 Å². The Hall–Kier alpha value is -1.17. The van der Waals surface area contributed by atoms with E-state index in [4.69, 9.17) is 0 Å². The molecule has 0 spiro atoms. The number of alkyl halides is 2. The second-order valence-electron chi connectivity index (χ2n) is 4.53. The molecule has 1 saturated carbocycles. The van der Waals surface area contributed by atoms with Crippen LogP contribution in [0.15, 0.2) is 16.6 Å². The zero-order chi connectivity index (χ0) is 14.0. The number of hydrogen-bond acceptors (Lipinski definition) is 3. The monoisotopic (exact) mass is 333 g/mol. The second kappa shape index (κ2) is 5.86. The van der Waals surface area contributed by atoms with Crippen molar-refractivity contribution in [3.63, 3.8) is 0 Å². The summed E-state index contributed by atoms with van der Waals surface area (Å²) in [5.41, 5.74) is 0.702. The maximum atomic E-state index is 12.4. The Kier molecular flexibility index (Phi) is 4.39. The largest absolute Gasteiger partial charge is 0.434 e. The number of halogens is 3. The van der Waals surface area contributed by atoms with Gasteiger partial charge in [-0.05, 0) is 30.9 Å². The molecule has 0 bridgehead atoms. The smallest absolute Gasteiger partial charge is 0.387 e. The second-order valence-corrected chi connectivity index (χ2v) is 5.44. The Bertz CT molecular complexity index is 490. The molecular weight excluding hydrogens is 320 g/mol. The maximum absolute atomic E-state index is 12.4. The van der Waals surface area contributed by atoms with Crippen molar-refractivity contribution in [1.29, 1.82) is 0 Å². The Morgan fingerprint density at radius 3 is 2.74 bits per heavy atom. The van der Waals surface area contributed by atoms with E-state index in [-0.39, 0.29) is 17.1 Å². The first-order valence-corrected chi connectivity index (χ1v) is 6.80. The van der Waals surface area contributed by atoms with Crippen molar-refractivity contribution in [2.45, 2.75) is 25.9 Å². The Morgan fingerprint density at radius 2 is 2.21 bits per heavy atom. The van der Waals surface area contributed by atoms with Gasteiger partial charge in [-0.15, -0.1) is 0 Å². The number of ether oxygens (including phenoxy) is 1. The predicted octanol–water partition coefficient (Wildman–Crippen LogP) is 4.08. The van der Waals surface area contributed by atoms with Gasteiger partial charge in [0.05, 0.1) is 5.56 Å². The minimum absolute atomic E-state index is 0.0839. The van der Waals surface area contributed by atoms with Gasteiger partial charge in [-0.2, -0.15) is 8.78 Å². The van der Waals surface area contributed by atoms with Crippen LogP contribution in [0.4, 0.5) is 14.5 Å². The fourth-order valence-electron chi connectivity index (χ4n) is 1.94. The van der Waals surface area contributed by atoms with Gasteiger partial charge < -0.3 is 10.1 Å². The summed E-state index contributed by atoms with van der Waals surface area (Å²) < 4.78 is 29.9. The number of carbonyl (C=O) groups excluding carboxylic acids is 1. The Balaban J connectivity index is 2.37. The van der Waals surface area contributed by atoms with Crippen molar-refractivity contribution >= 4 is 27.4 Å². The molecule has 0 radical (unpaired) electrons. The standard InChI is InChI=1S/C13H14BrF2NO2/c1-17-9-5-8(14)6-11(19-13(15)16)12(9)10(18)4-7-2-3-7/h5-7,13,17H,2-4H2,1H3. The molecule has 1 aliphatic carbocycles. The Morgan fingerprint density at radius 1 is 1.53 bits per heavy atom. The van der Waals surface area contributed by atoms with Crippen LogP contribution in [0.1, 0.15) is 29.6 Å². The van der Waals surface area contributed by atoms with Gasteiger partial charge in [0, 0.05) is 23.6 Å². The highest BCUT2D eigenvalue weighted by molar-refractivity contribution is 9.10. The summed E-state index contributed by atoms with van der Waals surface area (Å²) >= 11 is 3.21. The molecule has 0 heterocycles. The lowest BCUT2D eigenvalue weighted by molar-refractivity contribution is -0.0501. The predicted molar refractivity (Wildman–Crippen MR) is 72.0 cm³/mol. The average Bonchev–Trinajstić information content (AvgIpc) is 3.10. The molecule has 2 rings (SSSR count). The molecule has 19 heavy (non-hydrogen) atoms. The van der Waals surface area contributed by atoms with Crippen LogP contribution in [-0.4, -0.2) is 19.4 Å². The summed E-state index contributed by atoms with van der Waals surface area (Å²) in [6.45, 7) is -2.95. The van der Waals surface area contributed by atoms with E-state index in [0.717, 1.165) is 12.8 Å². The molecule has 1 fully saturated rings. The van der Waals surface area contributed by atoms with E-state index in [0.29, 0.717) is 22.5 Å². The molecule has 3 nitrogen and oxygen atoms in total. The van der Waals surface area contributed by atoms with Gasteiger partial charge in [0.2, 0.25) is 0 Å². The van der Waals surface area contributed by atoms with Crippen molar-refractivity contribution in [2.24, 2.45) is 5.92 Å². The summed E-state index contributed by atoms with van der Waals surface area (Å²) in [6, 6.07) is 3.07. The SMILES string of the molecule is CNc1cc(Br)cc(OC(F)F)c1C(=O)CC1CC1. The average molecular weight is 334 g/mol. The van der Waals surface area contributed by atoms with Crippen molar-refractivity contribution < 1.29 is 18.3 Å². The maximum Gasteiger partial charge on any atom is 0.387 e. The minimum Gasteiger partial charge on any atom is -0.434 e. The number of nitrogens with one attached hydrogen (secondary N) is 1. The molecule has 1 N–H and O–H groups in total. The lowest BCUT2D eigenvalue weighted by Gasteiger charge is -2.15. The number of anilines is 1. The van der Waals surface area contributed by atoms with Gasteiger partial charge in [-0.1, -0.05) is 15.9 Å². The summed E-state index contributed by atoms with van der Waals surface area (Å²) in [7, 11) is 1.64. The van der Waals surface area contributed by atoms with Crippen LogP contribution >= 0.6 is 15.9 Å². The first-order chi connectivity index (χ1) is 9.01. The molecule has 6 heteroatoms. The van der Waals surface area contributed by atoms with E-state index in [9.17, 15) is 13.6 Å². The van der Waals surface area contributed by atoms with Crippen molar-refractivity contribution in [1.82, 2.24) is 0 Å². The lowest BCUT2D eigenvalue weighted by atomic mass is 10.0. The molecule has 0 atom stereocenters. The van der Waals surface area contributed by atoms with Gasteiger partial charge in [0.15, 0.2) is 5.78 Å². The molecule has 0 unspecified atom stereocenters. The van der Waals surface area contributed by atoms with Gasteiger partial charge in [-0.25, -0.2) is 0 Å². The number of carbonyl (C=O) groups is 1. The normalized spacial score (nSPS) is 14.6. The summed E-state index contributed by atoms with van der Waals surface area (Å²) in [6.07, 6.45) is 2.44. The first-order valence-electron chi connectivity index (χ1n) is 6.00.